The number of phenolic OH excluding ortho intramolecular Hbond substituents is 1. The highest BCUT2D eigenvalue weighted by molar-refractivity contribution is 5.94. The number of nitrogens with zero attached hydrogens (tertiary/aromatic N) is 2. The summed E-state index contributed by atoms with van der Waals surface area (Å²) in [5.74, 6) is -0.297. The summed E-state index contributed by atoms with van der Waals surface area (Å²) >= 11 is 0. The molecule has 8 heteroatoms. The van der Waals surface area contributed by atoms with E-state index in [-0.39, 0.29) is 23.8 Å². The summed E-state index contributed by atoms with van der Waals surface area (Å²) in [5.41, 5.74) is -1.47. The zero-order valence-corrected chi connectivity index (χ0v) is 12.2. The molecule has 0 aliphatic carbocycles. The van der Waals surface area contributed by atoms with Crippen LogP contribution >= 0.6 is 0 Å². The molecule has 1 amide bonds. The van der Waals surface area contributed by atoms with Crippen molar-refractivity contribution in [3.63, 3.8) is 0 Å². The van der Waals surface area contributed by atoms with Crippen LogP contribution in [0, 0.1) is 0 Å². The van der Waals surface area contributed by atoms with E-state index in [1.54, 1.807) is 0 Å². The number of halogens is 3. The zero-order valence-electron chi connectivity index (χ0n) is 12.2. The number of alkyl halides is 3. The minimum Gasteiger partial charge on any atom is -0.508 e. The van der Waals surface area contributed by atoms with Crippen LogP contribution in [0.1, 0.15) is 21.5 Å². The van der Waals surface area contributed by atoms with Crippen LogP contribution < -0.4 is 5.32 Å². The molecule has 0 fully saturated rings. The lowest BCUT2D eigenvalue weighted by Crippen LogP contribution is -2.30. The van der Waals surface area contributed by atoms with Crippen molar-refractivity contribution >= 4 is 5.91 Å². The SMILES string of the molecule is O=C(NCc1ccc(C2(C(F)(F)F)N=N2)cc1)c1ccc(O)cc1. The Bertz CT molecular complexity index is 778. The van der Waals surface area contributed by atoms with Crippen LogP contribution in [0.3, 0.4) is 0 Å². The zero-order chi connectivity index (χ0) is 17.4. The Morgan fingerprint density at radius 1 is 1.04 bits per heavy atom. The van der Waals surface area contributed by atoms with E-state index in [2.05, 4.69) is 15.5 Å². The van der Waals surface area contributed by atoms with Gasteiger partial charge in [-0.15, -0.1) is 10.2 Å². The third-order valence-electron chi connectivity index (χ3n) is 3.63. The molecule has 0 bridgehead atoms. The van der Waals surface area contributed by atoms with Crippen LogP contribution in [0.5, 0.6) is 5.75 Å². The number of hydrogen-bond acceptors (Lipinski definition) is 4. The van der Waals surface area contributed by atoms with Crippen LogP contribution in [0.25, 0.3) is 0 Å². The number of carbonyl (C=O) groups is 1. The van der Waals surface area contributed by atoms with Gasteiger partial charge >= 0.3 is 11.8 Å². The lowest BCUT2D eigenvalue weighted by Gasteiger charge is -2.15. The first-order valence-corrected chi connectivity index (χ1v) is 6.99. The number of nitrogens with one attached hydrogen (secondary N) is 1. The minimum atomic E-state index is -4.55. The summed E-state index contributed by atoms with van der Waals surface area (Å²) in [5, 5.41) is 18.1. The number of carbonyl (C=O) groups excluding carboxylic acids is 1. The number of aromatic hydroxyl groups is 1. The van der Waals surface area contributed by atoms with Gasteiger partial charge in [-0.3, -0.25) is 4.79 Å². The summed E-state index contributed by atoms with van der Waals surface area (Å²) in [6, 6.07) is 11.3. The lowest BCUT2D eigenvalue weighted by molar-refractivity contribution is -0.166. The van der Waals surface area contributed by atoms with Gasteiger partial charge < -0.3 is 10.4 Å². The smallest absolute Gasteiger partial charge is 0.442 e. The molecule has 3 rings (SSSR count). The largest absolute Gasteiger partial charge is 0.508 e. The minimum absolute atomic E-state index is 0.0522. The van der Waals surface area contributed by atoms with Crippen LogP contribution in [-0.2, 0) is 12.2 Å². The second-order valence-corrected chi connectivity index (χ2v) is 5.30. The summed E-state index contributed by atoms with van der Waals surface area (Å²) in [7, 11) is 0. The molecule has 24 heavy (non-hydrogen) atoms. The first-order valence-electron chi connectivity index (χ1n) is 6.99. The van der Waals surface area contributed by atoms with Crippen LogP contribution in [0.4, 0.5) is 13.2 Å². The van der Waals surface area contributed by atoms with E-state index in [4.69, 9.17) is 0 Å². The maximum absolute atomic E-state index is 12.9. The Morgan fingerprint density at radius 2 is 1.62 bits per heavy atom. The van der Waals surface area contributed by atoms with E-state index in [1.807, 2.05) is 0 Å². The molecule has 124 valence electrons. The third-order valence-corrected chi connectivity index (χ3v) is 3.63. The van der Waals surface area contributed by atoms with Gasteiger partial charge in [0.05, 0.1) is 0 Å². The van der Waals surface area contributed by atoms with Crippen molar-refractivity contribution in [1.82, 2.24) is 5.32 Å². The van der Waals surface area contributed by atoms with E-state index in [1.165, 1.54) is 48.5 Å². The van der Waals surface area contributed by atoms with Crippen molar-refractivity contribution in [3.05, 3.63) is 65.2 Å². The van der Waals surface area contributed by atoms with E-state index in [9.17, 15) is 23.1 Å². The second-order valence-electron chi connectivity index (χ2n) is 5.30. The highest BCUT2D eigenvalue weighted by Crippen LogP contribution is 2.52. The van der Waals surface area contributed by atoms with E-state index in [0.717, 1.165) is 0 Å². The van der Waals surface area contributed by atoms with Gasteiger partial charge in [-0.05, 0) is 29.8 Å². The molecule has 2 aromatic carbocycles. The van der Waals surface area contributed by atoms with Crippen LogP contribution in [-0.4, -0.2) is 17.2 Å². The topological polar surface area (TPSA) is 74.0 Å². The molecule has 1 aliphatic heterocycles. The molecule has 0 saturated heterocycles. The predicted molar refractivity (Wildman–Crippen MR) is 78.3 cm³/mol. The fourth-order valence-corrected chi connectivity index (χ4v) is 2.19. The van der Waals surface area contributed by atoms with Gasteiger partial charge in [-0.1, -0.05) is 24.3 Å². The summed E-state index contributed by atoms with van der Waals surface area (Å²) in [6.45, 7) is 0.160. The summed E-state index contributed by atoms with van der Waals surface area (Å²) in [6.07, 6.45) is -4.55. The molecule has 5 nitrogen and oxygen atoms in total. The highest BCUT2D eigenvalue weighted by atomic mass is 19.4. The Labute approximate surface area is 134 Å². The second kappa shape index (κ2) is 5.63. The molecule has 2 N–H and O–H groups in total. The van der Waals surface area contributed by atoms with Crippen LogP contribution in [0.15, 0.2) is 58.8 Å². The number of benzene rings is 2. The van der Waals surface area contributed by atoms with Crippen LogP contribution in [0.2, 0.25) is 0 Å². The first kappa shape index (κ1) is 16.0. The van der Waals surface area contributed by atoms with Gasteiger partial charge in [-0.25, -0.2) is 0 Å². The fraction of sp³-hybridized carbons (Fsp3) is 0.188. The van der Waals surface area contributed by atoms with Gasteiger partial charge in [-0.2, -0.15) is 13.2 Å². The van der Waals surface area contributed by atoms with Crippen molar-refractivity contribution in [2.24, 2.45) is 10.2 Å². The van der Waals surface area contributed by atoms with Crippen molar-refractivity contribution in [2.45, 2.75) is 18.4 Å². The molecular weight excluding hydrogens is 323 g/mol. The van der Waals surface area contributed by atoms with Crippen molar-refractivity contribution in [3.8, 4) is 5.75 Å². The van der Waals surface area contributed by atoms with Gasteiger partial charge in [0.25, 0.3) is 5.91 Å². The first-order chi connectivity index (χ1) is 11.3. The fourth-order valence-electron chi connectivity index (χ4n) is 2.19. The molecular formula is C16H12F3N3O2. The average Bonchev–Trinajstić information content (AvgIpc) is 3.35. The maximum Gasteiger partial charge on any atom is 0.442 e. The molecule has 2 aromatic rings. The lowest BCUT2D eigenvalue weighted by atomic mass is 10.0. The molecule has 0 spiro atoms. The monoisotopic (exact) mass is 335 g/mol. The van der Waals surface area contributed by atoms with E-state index >= 15 is 0 Å². The Hall–Kier alpha value is -2.90. The van der Waals surface area contributed by atoms with E-state index in [0.29, 0.717) is 11.1 Å². The van der Waals surface area contributed by atoms with E-state index < -0.39 is 11.8 Å². The Morgan fingerprint density at radius 3 is 2.12 bits per heavy atom. The Kier molecular flexibility index (Phi) is 3.75. The predicted octanol–water partition coefficient (Wildman–Crippen LogP) is 3.50. The van der Waals surface area contributed by atoms with Gasteiger partial charge in [0.2, 0.25) is 0 Å². The third kappa shape index (κ3) is 2.94. The quantitative estimate of drug-likeness (QED) is 0.897. The maximum atomic E-state index is 12.9. The molecule has 1 aliphatic rings. The number of amides is 1. The highest BCUT2D eigenvalue weighted by Gasteiger charge is 2.65. The summed E-state index contributed by atoms with van der Waals surface area (Å²) in [4.78, 5) is 11.9. The van der Waals surface area contributed by atoms with Gasteiger partial charge in [0, 0.05) is 17.7 Å². The number of phenols is 1. The molecule has 0 atom stereocenters. The number of rotatable bonds is 4. The number of hydrogen-bond donors (Lipinski definition) is 2. The van der Waals surface area contributed by atoms with Gasteiger partial charge in [0.1, 0.15) is 5.75 Å². The van der Waals surface area contributed by atoms with Crippen molar-refractivity contribution < 1.29 is 23.1 Å². The average molecular weight is 335 g/mol. The molecule has 0 unspecified atom stereocenters. The summed E-state index contributed by atoms with van der Waals surface area (Å²) < 4.78 is 38.7. The molecule has 0 saturated carbocycles. The molecule has 0 radical (unpaired) electrons. The normalized spacial score (nSPS) is 15.1. The molecule has 1 heterocycles. The van der Waals surface area contributed by atoms with Gasteiger partial charge in [0.15, 0.2) is 0 Å². The van der Waals surface area contributed by atoms with Crippen molar-refractivity contribution in [1.29, 1.82) is 0 Å². The molecule has 0 aromatic heterocycles. The van der Waals surface area contributed by atoms with Crippen molar-refractivity contribution in [2.75, 3.05) is 0 Å². The standard InChI is InChI=1S/C16H12F3N3O2/c17-16(18,19)15(21-22-15)12-5-1-10(2-6-12)9-20-14(24)11-3-7-13(23)8-4-11/h1-8,23H,9H2,(H,20,24). The Balaban J connectivity index is 1.63.